The molecule has 2 rings (SSSR count). The quantitative estimate of drug-likeness (QED) is 0.898. The first kappa shape index (κ1) is 12.7. The molecule has 0 atom stereocenters. The van der Waals surface area contributed by atoms with Gasteiger partial charge < -0.3 is 5.32 Å². The van der Waals surface area contributed by atoms with Crippen LogP contribution in [0.3, 0.4) is 0 Å². The lowest BCUT2D eigenvalue weighted by molar-refractivity contribution is -0.120. The maximum absolute atomic E-state index is 11.7. The molecule has 18 heavy (non-hydrogen) atoms. The summed E-state index contributed by atoms with van der Waals surface area (Å²) in [5.74, 6) is 0.00104. The van der Waals surface area contributed by atoms with Crippen molar-refractivity contribution in [3.63, 3.8) is 0 Å². The summed E-state index contributed by atoms with van der Waals surface area (Å²) in [6, 6.07) is 17.2. The maximum atomic E-state index is 11.7. The van der Waals surface area contributed by atoms with Gasteiger partial charge in [0.25, 0.3) is 0 Å². The maximum Gasteiger partial charge on any atom is 0.224 e. The van der Waals surface area contributed by atoms with Crippen LogP contribution in [0.5, 0.6) is 0 Å². The predicted molar refractivity (Wildman–Crippen MR) is 73.4 cm³/mol. The van der Waals surface area contributed by atoms with Crippen LogP contribution in [0.2, 0.25) is 5.02 Å². The molecule has 0 saturated carbocycles. The zero-order valence-electron chi connectivity index (χ0n) is 9.90. The Kier molecular flexibility index (Phi) is 4.37. The molecule has 1 amide bonds. The lowest BCUT2D eigenvalue weighted by Crippen LogP contribution is -2.24. The first-order valence-corrected chi connectivity index (χ1v) is 6.17. The molecule has 1 N–H and O–H groups in total. The second-order valence-corrected chi connectivity index (χ2v) is 4.44. The second kappa shape index (κ2) is 6.22. The van der Waals surface area contributed by atoms with Gasteiger partial charge in [-0.05, 0) is 17.2 Å². The molecule has 0 aliphatic heterocycles. The Morgan fingerprint density at radius 1 is 1.00 bits per heavy atom. The number of hydrogen-bond donors (Lipinski definition) is 1. The van der Waals surface area contributed by atoms with Gasteiger partial charge in [0.1, 0.15) is 0 Å². The van der Waals surface area contributed by atoms with E-state index in [4.69, 9.17) is 11.6 Å². The van der Waals surface area contributed by atoms with E-state index in [1.165, 1.54) is 0 Å². The van der Waals surface area contributed by atoms with Crippen molar-refractivity contribution in [2.45, 2.75) is 13.0 Å². The van der Waals surface area contributed by atoms with Crippen LogP contribution in [0.15, 0.2) is 54.6 Å². The Balaban J connectivity index is 1.88. The molecule has 0 aliphatic carbocycles. The highest BCUT2D eigenvalue weighted by molar-refractivity contribution is 6.31. The number of amides is 1. The predicted octanol–water partition coefficient (Wildman–Crippen LogP) is 3.20. The van der Waals surface area contributed by atoms with Crippen molar-refractivity contribution in [1.82, 2.24) is 5.32 Å². The number of halogens is 1. The summed E-state index contributed by atoms with van der Waals surface area (Å²) in [5, 5.41) is 3.54. The zero-order valence-corrected chi connectivity index (χ0v) is 10.7. The Hall–Kier alpha value is -1.80. The molecule has 2 nitrogen and oxygen atoms in total. The van der Waals surface area contributed by atoms with Gasteiger partial charge in [-0.15, -0.1) is 0 Å². The molecule has 0 unspecified atom stereocenters. The van der Waals surface area contributed by atoms with Gasteiger partial charge >= 0.3 is 0 Å². The van der Waals surface area contributed by atoms with Crippen LogP contribution >= 0.6 is 11.6 Å². The Morgan fingerprint density at radius 2 is 1.67 bits per heavy atom. The molecular weight excluding hydrogens is 246 g/mol. The van der Waals surface area contributed by atoms with Crippen molar-refractivity contribution >= 4 is 17.5 Å². The third-order valence-corrected chi connectivity index (χ3v) is 3.01. The number of rotatable bonds is 4. The highest BCUT2D eigenvalue weighted by Crippen LogP contribution is 2.14. The van der Waals surface area contributed by atoms with Crippen molar-refractivity contribution in [2.75, 3.05) is 0 Å². The number of nitrogens with one attached hydrogen (secondary N) is 1. The number of carbonyl (C=O) groups is 1. The Labute approximate surface area is 112 Å². The third-order valence-electron chi connectivity index (χ3n) is 2.64. The van der Waals surface area contributed by atoms with Crippen molar-refractivity contribution in [1.29, 1.82) is 0 Å². The summed E-state index contributed by atoms with van der Waals surface area (Å²) < 4.78 is 0. The molecule has 3 heteroatoms. The molecule has 0 saturated heterocycles. The van der Waals surface area contributed by atoms with E-state index in [9.17, 15) is 4.79 Å². The van der Waals surface area contributed by atoms with Gasteiger partial charge in [-0.1, -0.05) is 60.1 Å². The van der Waals surface area contributed by atoms with E-state index in [1.807, 2.05) is 54.6 Å². The zero-order chi connectivity index (χ0) is 12.8. The van der Waals surface area contributed by atoms with Crippen LogP contribution in [-0.2, 0) is 17.8 Å². The summed E-state index contributed by atoms with van der Waals surface area (Å²) in [4.78, 5) is 11.7. The fourth-order valence-electron chi connectivity index (χ4n) is 1.68. The van der Waals surface area contributed by atoms with Crippen LogP contribution in [-0.4, -0.2) is 5.91 Å². The molecule has 0 heterocycles. The molecule has 0 bridgehead atoms. The van der Waals surface area contributed by atoms with Gasteiger partial charge in [-0.3, -0.25) is 4.79 Å². The van der Waals surface area contributed by atoms with Crippen molar-refractivity contribution in [3.8, 4) is 0 Å². The topological polar surface area (TPSA) is 29.1 Å². The monoisotopic (exact) mass is 259 g/mol. The summed E-state index contributed by atoms with van der Waals surface area (Å²) in [7, 11) is 0. The molecular formula is C15H14ClNO. The minimum Gasteiger partial charge on any atom is -0.352 e. The summed E-state index contributed by atoms with van der Waals surface area (Å²) in [6.45, 7) is 0.464. The minimum absolute atomic E-state index is 0.00104. The first-order chi connectivity index (χ1) is 8.75. The largest absolute Gasteiger partial charge is 0.352 e. The van der Waals surface area contributed by atoms with Gasteiger partial charge in [0.2, 0.25) is 5.91 Å². The average Bonchev–Trinajstić information content (AvgIpc) is 2.39. The van der Waals surface area contributed by atoms with Crippen molar-refractivity contribution in [3.05, 3.63) is 70.7 Å². The van der Waals surface area contributed by atoms with Crippen molar-refractivity contribution < 1.29 is 4.79 Å². The van der Waals surface area contributed by atoms with Gasteiger partial charge in [0, 0.05) is 11.6 Å². The standard InChI is InChI=1S/C15H14ClNO/c16-14-9-5-4-8-13(14)11-17-15(18)10-12-6-2-1-3-7-12/h1-9H,10-11H2,(H,17,18). The van der Waals surface area contributed by atoms with Crippen LogP contribution in [0.1, 0.15) is 11.1 Å². The van der Waals surface area contributed by atoms with Crippen LogP contribution in [0.4, 0.5) is 0 Å². The highest BCUT2D eigenvalue weighted by Gasteiger charge is 2.04. The average molecular weight is 260 g/mol. The first-order valence-electron chi connectivity index (χ1n) is 5.80. The van der Waals surface area contributed by atoms with E-state index < -0.39 is 0 Å². The summed E-state index contributed by atoms with van der Waals surface area (Å²) >= 11 is 6.02. The van der Waals surface area contributed by atoms with Crippen LogP contribution in [0.25, 0.3) is 0 Å². The minimum atomic E-state index is 0.00104. The number of carbonyl (C=O) groups excluding carboxylic acids is 1. The van der Waals surface area contributed by atoms with E-state index in [1.54, 1.807) is 0 Å². The van der Waals surface area contributed by atoms with Gasteiger partial charge in [-0.25, -0.2) is 0 Å². The van der Waals surface area contributed by atoms with E-state index in [0.29, 0.717) is 18.0 Å². The molecule has 0 spiro atoms. The molecule has 0 aliphatic rings. The van der Waals surface area contributed by atoms with Gasteiger partial charge in [0.15, 0.2) is 0 Å². The lowest BCUT2D eigenvalue weighted by Gasteiger charge is -2.06. The van der Waals surface area contributed by atoms with E-state index >= 15 is 0 Å². The fraction of sp³-hybridized carbons (Fsp3) is 0.133. The normalized spacial score (nSPS) is 10.1. The van der Waals surface area contributed by atoms with Gasteiger partial charge in [-0.2, -0.15) is 0 Å². The molecule has 0 fully saturated rings. The molecule has 2 aromatic carbocycles. The summed E-state index contributed by atoms with van der Waals surface area (Å²) in [6.07, 6.45) is 0.394. The number of hydrogen-bond acceptors (Lipinski definition) is 1. The number of benzene rings is 2. The van der Waals surface area contributed by atoms with Crippen LogP contribution < -0.4 is 5.32 Å². The third kappa shape index (κ3) is 3.60. The fourth-order valence-corrected chi connectivity index (χ4v) is 1.88. The lowest BCUT2D eigenvalue weighted by atomic mass is 10.1. The smallest absolute Gasteiger partial charge is 0.224 e. The molecule has 2 aromatic rings. The summed E-state index contributed by atoms with van der Waals surface area (Å²) in [5.41, 5.74) is 1.94. The highest BCUT2D eigenvalue weighted by atomic mass is 35.5. The van der Waals surface area contributed by atoms with Crippen LogP contribution in [0, 0.1) is 0 Å². The Morgan fingerprint density at radius 3 is 2.39 bits per heavy atom. The second-order valence-electron chi connectivity index (χ2n) is 4.03. The van der Waals surface area contributed by atoms with E-state index in [-0.39, 0.29) is 5.91 Å². The van der Waals surface area contributed by atoms with E-state index in [2.05, 4.69) is 5.32 Å². The SMILES string of the molecule is O=C(Cc1ccccc1)NCc1ccccc1Cl. The van der Waals surface area contributed by atoms with E-state index in [0.717, 1.165) is 11.1 Å². The molecule has 92 valence electrons. The van der Waals surface area contributed by atoms with Gasteiger partial charge in [0.05, 0.1) is 6.42 Å². The van der Waals surface area contributed by atoms with Crippen molar-refractivity contribution in [2.24, 2.45) is 0 Å². The molecule has 0 radical (unpaired) electrons. The Bertz CT molecular complexity index is 525. The molecule has 0 aromatic heterocycles.